The third kappa shape index (κ3) is 4.87. The number of fused-ring (bicyclic) bond motifs is 1. The summed E-state index contributed by atoms with van der Waals surface area (Å²) in [7, 11) is 0. The minimum absolute atomic E-state index is 0.0156. The summed E-state index contributed by atoms with van der Waals surface area (Å²) in [4.78, 5) is 7.95. The molecule has 0 saturated heterocycles. The normalized spacial score (nSPS) is 14.8. The molecule has 40 heavy (non-hydrogen) atoms. The molecule has 1 fully saturated rings. The molecule has 5 aromatic rings. The highest BCUT2D eigenvalue weighted by atomic mass is 35.5. The maximum Gasteiger partial charge on any atom is 0.212 e. The maximum atomic E-state index is 14.8. The molecule has 0 bridgehead atoms. The van der Waals surface area contributed by atoms with Crippen molar-refractivity contribution in [1.29, 1.82) is 5.26 Å². The SMILES string of the molecule is [2H]C(Nc1cc(Cl)c2ncc(C#N)c(Nc3c(F)ccc(Cl)c3F)c2c1)(c1ccc(F)nc1)c1cn(C2CC2)nn1. The molecule has 1 unspecified atom stereocenters. The standard InChI is InChI=1S/C27H17Cl2F3N8/c28-18-4-5-20(30)27(23(18)32)37-24-14(9-33)11-35-26-17(24)7-15(8-19(26)29)36-25(13-1-6-22(31)34-10-13)21-12-40(39-38-21)16-2-3-16/h1,4-8,10-12,16,25,36H,2-3H2,(H,35,37)/i25D. The van der Waals surface area contributed by atoms with Crippen LogP contribution in [0.3, 0.4) is 0 Å². The second kappa shape index (κ2) is 10.3. The molecule has 1 saturated carbocycles. The van der Waals surface area contributed by atoms with E-state index in [1.54, 1.807) is 10.9 Å². The van der Waals surface area contributed by atoms with Crippen LogP contribution in [0, 0.1) is 28.9 Å². The van der Waals surface area contributed by atoms with Gasteiger partial charge in [0, 0.05) is 23.5 Å². The number of aromatic nitrogens is 5. The zero-order chi connectivity index (χ0) is 28.9. The van der Waals surface area contributed by atoms with Gasteiger partial charge in [0.15, 0.2) is 5.82 Å². The largest absolute Gasteiger partial charge is 0.373 e. The predicted molar refractivity (Wildman–Crippen MR) is 144 cm³/mol. The molecule has 1 aliphatic carbocycles. The van der Waals surface area contributed by atoms with Crippen molar-refractivity contribution in [2.45, 2.75) is 24.9 Å². The van der Waals surface area contributed by atoms with Crippen LogP contribution in [0.15, 0.2) is 55.0 Å². The Balaban J connectivity index is 1.50. The van der Waals surface area contributed by atoms with Crippen LogP contribution in [-0.4, -0.2) is 25.0 Å². The molecule has 6 rings (SSSR count). The van der Waals surface area contributed by atoms with Gasteiger partial charge in [-0.2, -0.15) is 9.65 Å². The second-order valence-corrected chi connectivity index (χ2v) is 9.86. The minimum Gasteiger partial charge on any atom is -0.373 e. The number of hydrogen-bond donors (Lipinski definition) is 2. The summed E-state index contributed by atoms with van der Waals surface area (Å²) in [5, 5.41) is 23.9. The van der Waals surface area contributed by atoms with Gasteiger partial charge in [-0.1, -0.05) is 34.5 Å². The van der Waals surface area contributed by atoms with Crippen molar-refractivity contribution < 1.29 is 14.5 Å². The highest BCUT2D eigenvalue weighted by Gasteiger charge is 2.27. The number of benzene rings is 2. The Kier molecular flexibility index (Phi) is 6.34. The van der Waals surface area contributed by atoms with E-state index in [2.05, 4.69) is 30.9 Å². The molecule has 1 aliphatic rings. The molecule has 200 valence electrons. The summed E-state index contributed by atoms with van der Waals surface area (Å²) >= 11 is 12.4. The van der Waals surface area contributed by atoms with Gasteiger partial charge in [0.25, 0.3) is 0 Å². The summed E-state index contributed by atoms with van der Waals surface area (Å²) < 4.78 is 54.2. The molecule has 13 heteroatoms. The number of nitrogens with zero attached hydrogens (tertiary/aromatic N) is 6. The Hall–Kier alpha value is -4.40. The fourth-order valence-corrected chi connectivity index (χ4v) is 4.60. The summed E-state index contributed by atoms with van der Waals surface area (Å²) in [6.45, 7) is 0. The van der Waals surface area contributed by atoms with Crippen LogP contribution < -0.4 is 10.6 Å². The van der Waals surface area contributed by atoms with Crippen LogP contribution in [0.2, 0.25) is 10.0 Å². The number of halogens is 5. The van der Waals surface area contributed by atoms with Gasteiger partial charge in [-0.25, -0.2) is 18.4 Å². The first-order valence-electron chi connectivity index (χ1n) is 12.4. The molecule has 8 nitrogen and oxygen atoms in total. The summed E-state index contributed by atoms with van der Waals surface area (Å²) in [6.07, 6.45) is 5.95. The Morgan fingerprint density at radius 1 is 1.05 bits per heavy atom. The number of pyridine rings is 2. The average molecular weight is 582 g/mol. The van der Waals surface area contributed by atoms with E-state index < -0.39 is 29.3 Å². The van der Waals surface area contributed by atoms with Crippen LogP contribution in [-0.2, 0) is 0 Å². The molecule has 0 spiro atoms. The molecular formula is C27H17Cl2F3N8. The monoisotopic (exact) mass is 581 g/mol. The second-order valence-electron chi connectivity index (χ2n) is 9.04. The first-order chi connectivity index (χ1) is 19.7. The van der Waals surface area contributed by atoms with Crippen molar-refractivity contribution in [3.8, 4) is 6.07 Å². The smallest absolute Gasteiger partial charge is 0.212 e. The molecule has 0 radical (unpaired) electrons. The number of hydrogen-bond acceptors (Lipinski definition) is 7. The van der Waals surface area contributed by atoms with Gasteiger partial charge in [-0.3, -0.25) is 4.98 Å². The molecule has 1 atom stereocenters. The average Bonchev–Trinajstić information content (AvgIpc) is 3.69. The van der Waals surface area contributed by atoms with E-state index in [1.165, 1.54) is 30.6 Å². The van der Waals surface area contributed by atoms with Gasteiger partial charge in [0.2, 0.25) is 5.95 Å². The molecule has 2 aromatic carbocycles. The molecular weight excluding hydrogens is 564 g/mol. The zero-order valence-electron chi connectivity index (χ0n) is 21.3. The Labute approximate surface area is 236 Å². The van der Waals surface area contributed by atoms with Crippen molar-refractivity contribution in [2.75, 3.05) is 10.6 Å². The topological polar surface area (TPSA) is 104 Å². The number of rotatable bonds is 7. The van der Waals surface area contributed by atoms with Crippen LogP contribution in [0.25, 0.3) is 10.9 Å². The molecule has 3 aromatic heterocycles. The van der Waals surface area contributed by atoms with Crippen molar-refractivity contribution in [2.24, 2.45) is 0 Å². The van der Waals surface area contributed by atoms with E-state index in [9.17, 15) is 19.8 Å². The zero-order valence-corrected chi connectivity index (χ0v) is 21.8. The van der Waals surface area contributed by atoms with Gasteiger partial charge in [0.1, 0.15) is 23.3 Å². The summed E-state index contributed by atoms with van der Waals surface area (Å²) in [5.74, 6) is -2.71. The van der Waals surface area contributed by atoms with Crippen LogP contribution in [0.4, 0.5) is 30.2 Å². The van der Waals surface area contributed by atoms with E-state index in [4.69, 9.17) is 23.2 Å². The maximum absolute atomic E-state index is 14.8. The van der Waals surface area contributed by atoms with E-state index in [1.807, 2.05) is 6.07 Å². The third-order valence-electron chi connectivity index (χ3n) is 6.31. The number of anilines is 3. The van der Waals surface area contributed by atoms with Crippen LogP contribution in [0.1, 0.15) is 43.1 Å². The lowest BCUT2D eigenvalue weighted by Crippen LogP contribution is -2.14. The van der Waals surface area contributed by atoms with Crippen LogP contribution >= 0.6 is 23.2 Å². The molecule has 3 heterocycles. The van der Waals surface area contributed by atoms with Crippen molar-refractivity contribution in [3.63, 3.8) is 0 Å². The quantitative estimate of drug-likeness (QED) is 0.156. The summed E-state index contributed by atoms with van der Waals surface area (Å²) in [6, 6.07) is 7.93. The Morgan fingerprint density at radius 3 is 2.60 bits per heavy atom. The first kappa shape index (κ1) is 24.6. The van der Waals surface area contributed by atoms with Gasteiger partial charge in [0.05, 0.1) is 46.4 Å². The highest BCUT2D eigenvalue weighted by Crippen LogP contribution is 2.39. The molecule has 0 amide bonds. The number of nitriles is 1. The van der Waals surface area contributed by atoms with Gasteiger partial charge < -0.3 is 10.6 Å². The van der Waals surface area contributed by atoms with Crippen molar-refractivity contribution in [1.82, 2.24) is 25.0 Å². The van der Waals surface area contributed by atoms with Gasteiger partial charge >= 0.3 is 0 Å². The van der Waals surface area contributed by atoms with Gasteiger partial charge in [-0.05, 0) is 48.7 Å². The minimum atomic E-state index is -1.82. The first-order valence-corrected chi connectivity index (χ1v) is 12.7. The predicted octanol–water partition coefficient (Wildman–Crippen LogP) is 7.10. The fourth-order valence-electron chi connectivity index (χ4n) is 4.18. The van der Waals surface area contributed by atoms with Crippen molar-refractivity contribution >= 4 is 51.2 Å². The summed E-state index contributed by atoms with van der Waals surface area (Å²) in [5.41, 5.74) is 0.358. The molecule has 0 aliphatic heterocycles. The van der Waals surface area contributed by atoms with E-state index >= 15 is 0 Å². The van der Waals surface area contributed by atoms with Gasteiger partial charge in [-0.15, -0.1) is 5.10 Å². The lowest BCUT2D eigenvalue weighted by Gasteiger charge is -2.20. The van der Waals surface area contributed by atoms with Crippen LogP contribution in [0.5, 0.6) is 0 Å². The lowest BCUT2D eigenvalue weighted by atomic mass is 10.0. The lowest BCUT2D eigenvalue weighted by molar-refractivity contribution is 0.581. The van der Waals surface area contributed by atoms with E-state index in [0.717, 1.165) is 31.0 Å². The fraction of sp³-hybridized carbons (Fsp3) is 0.148. The Bertz CT molecular complexity index is 1860. The number of nitrogens with one attached hydrogen (secondary N) is 2. The van der Waals surface area contributed by atoms with E-state index in [0.29, 0.717) is 0 Å². The van der Waals surface area contributed by atoms with Crippen molar-refractivity contribution in [3.05, 3.63) is 99.4 Å². The van der Waals surface area contributed by atoms with E-state index in [-0.39, 0.29) is 55.2 Å². The molecule has 2 N–H and O–H groups in total. The third-order valence-corrected chi connectivity index (χ3v) is 6.89. The highest BCUT2D eigenvalue weighted by molar-refractivity contribution is 6.36. The Morgan fingerprint density at radius 2 is 1.88 bits per heavy atom.